The molecule has 0 saturated carbocycles. The highest BCUT2D eigenvalue weighted by Gasteiger charge is 2.30. The molecule has 1 saturated heterocycles. The number of nitrogens with zero attached hydrogens (tertiary/aromatic N) is 2. The molecule has 1 fully saturated rings. The van der Waals surface area contributed by atoms with E-state index in [9.17, 15) is 0 Å². The molecule has 0 radical (unpaired) electrons. The van der Waals surface area contributed by atoms with Gasteiger partial charge >= 0.3 is 0 Å². The smallest absolute Gasteiger partial charge is 0.106 e. The van der Waals surface area contributed by atoms with E-state index in [1.807, 2.05) is 5.06 Å². The molecule has 0 aromatic heterocycles. The molecule has 1 rings (SSSR count). The lowest BCUT2D eigenvalue weighted by Gasteiger charge is -2.32. The fourth-order valence-electron chi connectivity index (χ4n) is 1.18. The highest BCUT2D eigenvalue weighted by Crippen LogP contribution is 2.17. The molecule has 4 nitrogen and oxygen atoms in total. The number of hydroxylamine groups is 2. The number of piperidine rings is 1. The molecule has 62 valence electrons. The van der Waals surface area contributed by atoms with Gasteiger partial charge in [-0.2, -0.15) is 10.3 Å². The van der Waals surface area contributed by atoms with Gasteiger partial charge in [0.15, 0.2) is 0 Å². The highest BCUT2D eigenvalue weighted by molar-refractivity contribution is 5.06. The van der Waals surface area contributed by atoms with Gasteiger partial charge in [0, 0.05) is 13.1 Å². The molecule has 0 spiro atoms. The van der Waals surface area contributed by atoms with Crippen molar-refractivity contribution in [1.82, 2.24) is 5.06 Å². The van der Waals surface area contributed by atoms with Crippen LogP contribution in [0.2, 0.25) is 0 Å². The van der Waals surface area contributed by atoms with Crippen LogP contribution in [0.3, 0.4) is 0 Å². The van der Waals surface area contributed by atoms with Crippen molar-refractivity contribution < 1.29 is 4.84 Å². The maximum atomic E-state index is 8.67. The van der Waals surface area contributed by atoms with Crippen LogP contribution in [0.15, 0.2) is 0 Å². The third-order valence-electron chi connectivity index (χ3n) is 2.10. The molecule has 0 bridgehead atoms. The van der Waals surface area contributed by atoms with Crippen molar-refractivity contribution in [2.75, 3.05) is 20.2 Å². The standard InChI is InChI=1S/C7H13N3O/c1-11-10-4-2-7(9,6-8)3-5-10/h2-5,9H2,1H3. The van der Waals surface area contributed by atoms with Gasteiger partial charge in [-0.05, 0) is 12.8 Å². The largest absolute Gasteiger partial charge is 0.313 e. The van der Waals surface area contributed by atoms with E-state index < -0.39 is 5.54 Å². The van der Waals surface area contributed by atoms with Crippen LogP contribution in [0.5, 0.6) is 0 Å². The quantitative estimate of drug-likeness (QED) is 0.572. The summed E-state index contributed by atoms with van der Waals surface area (Å²) >= 11 is 0. The first-order chi connectivity index (χ1) is 5.20. The Morgan fingerprint density at radius 3 is 2.45 bits per heavy atom. The zero-order valence-electron chi connectivity index (χ0n) is 6.71. The predicted molar refractivity (Wildman–Crippen MR) is 40.3 cm³/mol. The van der Waals surface area contributed by atoms with E-state index in [1.165, 1.54) is 0 Å². The predicted octanol–water partition coefficient (Wildman–Crippen LogP) is -0.135. The first kappa shape index (κ1) is 8.47. The van der Waals surface area contributed by atoms with Gasteiger partial charge in [0.05, 0.1) is 13.2 Å². The summed E-state index contributed by atoms with van der Waals surface area (Å²) < 4.78 is 0. The fraction of sp³-hybridized carbons (Fsp3) is 0.857. The van der Waals surface area contributed by atoms with Gasteiger partial charge < -0.3 is 10.6 Å². The average molecular weight is 155 g/mol. The maximum Gasteiger partial charge on any atom is 0.106 e. The number of hydrogen-bond acceptors (Lipinski definition) is 4. The minimum atomic E-state index is -0.616. The van der Waals surface area contributed by atoms with Crippen LogP contribution in [0.4, 0.5) is 0 Å². The Hall–Kier alpha value is -0.630. The van der Waals surface area contributed by atoms with Crippen LogP contribution in [0.25, 0.3) is 0 Å². The Balaban J connectivity index is 2.43. The minimum Gasteiger partial charge on any atom is -0.313 e. The van der Waals surface area contributed by atoms with Crippen molar-refractivity contribution >= 4 is 0 Å². The molecule has 11 heavy (non-hydrogen) atoms. The van der Waals surface area contributed by atoms with Gasteiger partial charge in [0.25, 0.3) is 0 Å². The summed E-state index contributed by atoms with van der Waals surface area (Å²) in [5.74, 6) is 0. The molecule has 0 aromatic carbocycles. The van der Waals surface area contributed by atoms with E-state index in [2.05, 4.69) is 6.07 Å². The van der Waals surface area contributed by atoms with Crippen LogP contribution >= 0.6 is 0 Å². The number of hydrogen-bond donors (Lipinski definition) is 1. The van der Waals surface area contributed by atoms with Crippen LogP contribution < -0.4 is 5.73 Å². The molecule has 0 unspecified atom stereocenters. The first-order valence-corrected chi connectivity index (χ1v) is 3.69. The summed E-state index contributed by atoms with van der Waals surface area (Å²) in [5, 5.41) is 10.5. The SMILES string of the molecule is CON1CCC(N)(C#N)CC1. The summed E-state index contributed by atoms with van der Waals surface area (Å²) in [6, 6.07) is 2.12. The minimum absolute atomic E-state index is 0.616. The van der Waals surface area contributed by atoms with Crippen molar-refractivity contribution in [3.63, 3.8) is 0 Å². The van der Waals surface area contributed by atoms with Crippen molar-refractivity contribution in [1.29, 1.82) is 5.26 Å². The molecule has 1 aliphatic rings. The molecule has 0 amide bonds. The van der Waals surface area contributed by atoms with E-state index in [0.717, 1.165) is 13.1 Å². The van der Waals surface area contributed by atoms with Crippen molar-refractivity contribution in [3.05, 3.63) is 0 Å². The van der Waals surface area contributed by atoms with Gasteiger partial charge in [-0.1, -0.05) is 0 Å². The Morgan fingerprint density at radius 1 is 1.55 bits per heavy atom. The third-order valence-corrected chi connectivity index (χ3v) is 2.10. The molecule has 0 aliphatic carbocycles. The van der Waals surface area contributed by atoms with Crippen LogP contribution in [-0.4, -0.2) is 30.8 Å². The molecule has 0 aromatic rings. The lowest BCUT2D eigenvalue weighted by atomic mass is 9.91. The van der Waals surface area contributed by atoms with E-state index in [0.29, 0.717) is 12.8 Å². The maximum absolute atomic E-state index is 8.67. The number of nitriles is 1. The van der Waals surface area contributed by atoms with E-state index in [4.69, 9.17) is 15.8 Å². The Labute approximate surface area is 66.5 Å². The van der Waals surface area contributed by atoms with Gasteiger partial charge in [0.2, 0.25) is 0 Å². The second-order valence-electron chi connectivity index (χ2n) is 2.88. The third kappa shape index (κ3) is 1.90. The topological polar surface area (TPSA) is 62.3 Å². The summed E-state index contributed by atoms with van der Waals surface area (Å²) in [4.78, 5) is 5.00. The van der Waals surface area contributed by atoms with Crippen molar-refractivity contribution in [3.8, 4) is 6.07 Å². The summed E-state index contributed by atoms with van der Waals surface area (Å²) in [6.45, 7) is 1.50. The molecule has 1 aliphatic heterocycles. The lowest BCUT2D eigenvalue weighted by molar-refractivity contribution is -0.146. The van der Waals surface area contributed by atoms with Crippen LogP contribution in [0.1, 0.15) is 12.8 Å². The number of rotatable bonds is 1. The fourth-order valence-corrected chi connectivity index (χ4v) is 1.18. The Morgan fingerprint density at radius 2 is 2.09 bits per heavy atom. The van der Waals surface area contributed by atoms with Crippen molar-refractivity contribution in [2.24, 2.45) is 5.73 Å². The zero-order chi connectivity index (χ0) is 8.32. The van der Waals surface area contributed by atoms with Gasteiger partial charge in [0.1, 0.15) is 5.54 Å². The van der Waals surface area contributed by atoms with E-state index in [-0.39, 0.29) is 0 Å². The lowest BCUT2D eigenvalue weighted by Crippen LogP contribution is -2.48. The van der Waals surface area contributed by atoms with Gasteiger partial charge in [-0.3, -0.25) is 0 Å². The molecule has 2 N–H and O–H groups in total. The zero-order valence-corrected chi connectivity index (χ0v) is 6.71. The van der Waals surface area contributed by atoms with Crippen molar-refractivity contribution in [2.45, 2.75) is 18.4 Å². The second kappa shape index (κ2) is 3.18. The number of nitrogens with two attached hydrogens (primary N) is 1. The van der Waals surface area contributed by atoms with Gasteiger partial charge in [-0.25, -0.2) is 0 Å². The summed E-state index contributed by atoms with van der Waals surface area (Å²) in [5.41, 5.74) is 5.12. The molecular formula is C7H13N3O. The van der Waals surface area contributed by atoms with E-state index in [1.54, 1.807) is 7.11 Å². The Bertz CT molecular complexity index is 167. The second-order valence-corrected chi connectivity index (χ2v) is 2.88. The molecule has 1 heterocycles. The molecule has 0 atom stereocenters. The normalized spacial score (nSPS) is 24.5. The molecule has 4 heteroatoms. The summed E-state index contributed by atoms with van der Waals surface area (Å²) in [7, 11) is 1.63. The summed E-state index contributed by atoms with van der Waals surface area (Å²) in [6.07, 6.45) is 1.38. The molecular weight excluding hydrogens is 142 g/mol. The average Bonchev–Trinajstić information content (AvgIpc) is 2.06. The van der Waals surface area contributed by atoms with E-state index >= 15 is 0 Å². The Kier molecular flexibility index (Phi) is 2.45. The first-order valence-electron chi connectivity index (χ1n) is 3.69. The van der Waals surface area contributed by atoms with Crippen LogP contribution in [0, 0.1) is 11.3 Å². The monoisotopic (exact) mass is 155 g/mol. The van der Waals surface area contributed by atoms with Gasteiger partial charge in [-0.15, -0.1) is 0 Å². The highest BCUT2D eigenvalue weighted by atomic mass is 16.7. The van der Waals surface area contributed by atoms with Crippen LogP contribution in [-0.2, 0) is 4.84 Å².